The van der Waals surface area contributed by atoms with Gasteiger partial charge in [-0.1, -0.05) is 17.7 Å². The van der Waals surface area contributed by atoms with E-state index in [4.69, 9.17) is 4.74 Å². The van der Waals surface area contributed by atoms with Gasteiger partial charge in [0.1, 0.15) is 5.75 Å². The average Bonchev–Trinajstić information content (AvgIpc) is 2.08. The van der Waals surface area contributed by atoms with Gasteiger partial charge in [0.25, 0.3) is 0 Å². The first-order valence-electron chi connectivity index (χ1n) is 4.54. The molecule has 0 aliphatic rings. The lowest BCUT2D eigenvalue weighted by molar-refractivity contribution is -0.119. The van der Waals surface area contributed by atoms with Crippen molar-refractivity contribution in [1.82, 2.24) is 5.32 Å². The van der Waals surface area contributed by atoms with E-state index in [2.05, 4.69) is 5.32 Å². The Morgan fingerprint density at radius 1 is 1.43 bits per heavy atom. The van der Waals surface area contributed by atoms with E-state index in [-0.39, 0.29) is 12.6 Å². The molecule has 0 fully saturated rings. The van der Waals surface area contributed by atoms with Gasteiger partial charge in [0, 0.05) is 6.92 Å². The van der Waals surface area contributed by atoms with Crippen molar-refractivity contribution < 1.29 is 9.53 Å². The predicted molar refractivity (Wildman–Crippen MR) is 55.2 cm³/mol. The molecule has 3 nitrogen and oxygen atoms in total. The van der Waals surface area contributed by atoms with Gasteiger partial charge in [-0.15, -0.1) is 0 Å². The number of hydrogen-bond donors (Lipinski definition) is 1. The fourth-order valence-electron chi connectivity index (χ4n) is 1.18. The van der Waals surface area contributed by atoms with Gasteiger partial charge in [-0.2, -0.15) is 0 Å². The van der Waals surface area contributed by atoms with Crippen molar-refractivity contribution >= 4 is 5.91 Å². The van der Waals surface area contributed by atoms with E-state index in [1.54, 1.807) is 0 Å². The van der Waals surface area contributed by atoms with E-state index in [0.717, 1.165) is 11.3 Å². The van der Waals surface area contributed by atoms with Crippen LogP contribution in [0.15, 0.2) is 18.2 Å². The number of amides is 1. The summed E-state index contributed by atoms with van der Waals surface area (Å²) in [6.07, 6.45) is 0. The highest BCUT2D eigenvalue weighted by molar-refractivity contribution is 5.72. The lowest BCUT2D eigenvalue weighted by Crippen LogP contribution is -2.24. The number of benzene rings is 1. The van der Waals surface area contributed by atoms with Crippen LogP contribution in [0.4, 0.5) is 0 Å². The lowest BCUT2D eigenvalue weighted by atomic mass is 10.1. The highest BCUT2D eigenvalue weighted by Gasteiger charge is 1.99. The van der Waals surface area contributed by atoms with E-state index in [1.165, 1.54) is 12.5 Å². The van der Waals surface area contributed by atoms with Crippen LogP contribution in [0.5, 0.6) is 5.75 Å². The molecule has 0 atom stereocenters. The molecular formula is C11H15NO2. The molecule has 0 aliphatic carbocycles. The first kappa shape index (κ1) is 10.6. The second-order valence-electron chi connectivity index (χ2n) is 3.29. The van der Waals surface area contributed by atoms with E-state index < -0.39 is 0 Å². The zero-order chi connectivity index (χ0) is 10.6. The van der Waals surface area contributed by atoms with Crippen molar-refractivity contribution in [3.63, 3.8) is 0 Å². The molecule has 1 N–H and O–H groups in total. The van der Waals surface area contributed by atoms with Crippen molar-refractivity contribution in [2.45, 2.75) is 20.8 Å². The average molecular weight is 193 g/mol. The van der Waals surface area contributed by atoms with Gasteiger partial charge >= 0.3 is 0 Å². The third-order valence-corrected chi connectivity index (χ3v) is 1.88. The summed E-state index contributed by atoms with van der Waals surface area (Å²) in [6, 6.07) is 5.94. The summed E-state index contributed by atoms with van der Waals surface area (Å²) in [5.41, 5.74) is 2.28. The monoisotopic (exact) mass is 193 g/mol. The SMILES string of the molecule is CC(=O)NCOc1ccc(C)cc1C. The summed E-state index contributed by atoms with van der Waals surface area (Å²) < 4.78 is 5.37. The largest absolute Gasteiger partial charge is 0.473 e. The minimum atomic E-state index is -0.0882. The third-order valence-electron chi connectivity index (χ3n) is 1.88. The Bertz CT molecular complexity index is 334. The van der Waals surface area contributed by atoms with Crippen LogP contribution in [0.3, 0.4) is 0 Å². The highest BCUT2D eigenvalue weighted by atomic mass is 16.5. The van der Waals surface area contributed by atoms with Crippen LogP contribution in [0.2, 0.25) is 0 Å². The van der Waals surface area contributed by atoms with Gasteiger partial charge in [0.2, 0.25) is 5.91 Å². The maximum atomic E-state index is 10.6. The minimum absolute atomic E-state index is 0.0882. The van der Waals surface area contributed by atoms with Crippen LogP contribution in [-0.4, -0.2) is 12.6 Å². The number of carbonyl (C=O) groups excluding carboxylic acids is 1. The van der Waals surface area contributed by atoms with E-state index in [0.29, 0.717) is 0 Å². The van der Waals surface area contributed by atoms with Crippen molar-refractivity contribution in [3.05, 3.63) is 29.3 Å². The van der Waals surface area contributed by atoms with Gasteiger partial charge in [0.15, 0.2) is 6.73 Å². The Kier molecular flexibility index (Phi) is 3.51. The summed E-state index contributed by atoms with van der Waals surface area (Å²) in [6.45, 7) is 5.70. The number of rotatable bonds is 3. The molecular weight excluding hydrogens is 178 g/mol. The van der Waals surface area contributed by atoms with Gasteiger partial charge in [0.05, 0.1) is 0 Å². The molecule has 0 saturated heterocycles. The van der Waals surface area contributed by atoms with Crippen LogP contribution >= 0.6 is 0 Å². The number of hydrogen-bond acceptors (Lipinski definition) is 2. The summed E-state index contributed by atoms with van der Waals surface area (Å²) in [5.74, 6) is 0.721. The first-order chi connectivity index (χ1) is 6.59. The topological polar surface area (TPSA) is 38.3 Å². The molecule has 0 saturated carbocycles. The molecule has 1 aromatic carbocycles. The minimum Gasteiger partial charge on any atom is -0.473 e. The van der Waals surface area contributed by atoms with Crippen LogP contribution in [0, 0.1) is 13.8 Å². The standard InChI is InChI=1S/C11H15NO2/c1-8-4-5-11(9(2)6-8)14-7-12-10(3)13/h4-6H,7H2,1-3H3,(H,12,13). The Morgan fingerprint density at radius 2 is 2.14 bits per heavy atom. The second kappa shape index (κ2) is 4.65. The molecule has 0 unspecified atom stereocenters. The van der Waals surface area contributed by atoms with Crippen molar-refractivity contribution in [1.29, 1.82) is 0 Å². The quantitative estimate of drug-likeness (QED) is 0.743. The summed E-state index contributed by atoms with van der Waals surface area (Å²) >= 11 is 0. The number of nitrogens with one attached hydrogen (secondary N) is 1. The lowest BCUT2D eigenvalue weighted by Gasteiger charge is -2.09. The first-order valence-corrected chi connectivity index (χ1v) is 4.54. The smallest absolute Gasteiger partial charge is 0.219 e. The normalized spacial score (nSPS) is 9.64. The Labute approximate surface area is 84.1 Å². The van der Waals surface area contributed by atoms with E-state index >= 15 is 0 Å². The molecule has 1 amide bonds. The van der Waals surface area contributed by atoms with Gasteiger partial charge in [-0.3, -0.25) is 4.79 Å². The molecule has 0 aromatic heterocycles. The van der Waals surface area contributed by atoms with Crippen molar-refractivity contribution in [2.24, 2.45) is 0 Å². The van der Waals surface area contributed by atoms with Gasteiger partial charge in [-0.05, 0) is 25.5 Å². The Hall–Kier alpha value is -1.51. The van der Waals surface area contributed by atoms with Crippen LogP contribution in [0.25, 0.3) is 0 Å². The maximum absolute atomic E-state index is 10.6. The number of carbonyl (C=O) groups is 1. The molecule has 14 heavy (non-hydrogen) atoms. The van der Waals surface area contributed by atoms with E-state index in [9.17, 15) is 4.79 Å². The highest BCUT2D eigenvalue weighted by Crippen LogP contribution is 2.17. The third kappa shape index (κ3) is 3.09. The summed E-state index contributed by atoms with van der Waals surface area (Å²) in [5, 5.41) is 2.57. The molecule has 0 radical (unpaired) electrons. The van der Waals surface area contributed by atoms with Crippen LogP contribution < -0.4 is 10.1 Å². The molecule has 1 aromatic rings. The van der Waals surface area contributed by atoms with E-state index in [1.807, 2.05) is 32.0 Å². The van der Waals surface area contributed by atoms with Gasteiger partial charge < -0.3 is 10.1 Å². The molecule has 0 bridgehead atoms. The molecule has 3 heteroatoms. The summed E-state index contributed by atoms with van der Waals surface area (Å²) in [7, 11) is 0. The maximum Gasteiger partial charge on any atom is 0.219 e. The summed E-state index contributed by atoms with van der Waals surface area (Å²) in [4.78, 5) is 10.6. The molecule has 0 aliphatic heterocycles. The number of aryl methyl sites for hydroxylation is 2. The zero-order valence-corrected chi connectivity index (χ0v) is 8.76. The second-order valence-corrected chi connectivity index (χ2v) is 3.29. The zero-order valence-electron chi connectivity index (χ0n) is 8.76. The number of ether oxygens (including phenoxy) is 1. The van der Waals surface area contributed by atoms with Crippen LogP contribution in [0.1, 0.15) is 18.1 Å². The van der Waals surface area contributed by atoms with Crippen molar-refractivity contribution in [2.75, 3.05) is 6.73 Å². The fourth-order valence-corrected chi connectivity index (χ4v) is 1.18. The molecule has 0 spiro atoms. The molecule has 76 valence electrons. The Morgan fingerprint density at radius 3 is 2.71 bits per heavy atom. The Balaban J connectivity index is 2.55. The van der Waals surface area contributed by atoms with Crippen LogP contribution in [-0.2, 0) is 4.79 Å². The molecule has 1 rings (SSSR count). The van der Waals surface area contributed by atoms with Gasteiger partial charge in [-0.25, -0.2) is 0 Å². The molecule has 0 heterocycles. The van der Waals surface area contributed by atoms with Crippen molar-refractivity contribution in [3.8, 4) is 5.75 Å². The predicted octanol–water partition coefficient (Wildman–Crippen LogP) is 1.78. The fraction of sp³-hybridized carbons (Fsp3) is 0.364.